The Bertz CT molecular complexity index is 956. The van der Waals surface area contributed by atoms with Crippen LogP contribution in [0.15, 0.2) is 60.7 Å². The van der Waals surface area contributed by atoms with Crippen LogP contribution in [0.2, 0.25) is 0 Å². The number of nitrogens with one attached hydrogen (secondary N) is 1. The van der Waals surface area contributed by atoms with Crippen LogP contribution in [0.1, 0.15) is 22.3 Å². The van der Waals surface area contributed by atoms with E-state index in [2.05, 4.69) is 66.0 Å². The summed E-state index contributed by atoms with van der Waals surface area (Å²) in [6, 6.07) is 22.4. The fourth-order valence-electron chi connectivity index (χ4n) is 4.08. The van der Waals surface area contributed by atoms with Crippen LogP contribution in [0, 0.1) is 0 Å². The minimum Gasteiger partial charge on any atom is -0.330 e. The third kappa shape index (κ3) is 6.49. The molecule has 3 rings (SSSR count). The molecule has 0 aromatic heterocycles. The van der Waals surface area contributed by atoms with Crippen molar-refractivity contribution in [2.45, 2.75) is 25.7 Å². The first-order chi connectivity index (χ1) is 15.2. The van der Waals surface area contributed by atoms with Crippen LogP contribution in [-0.2, 0) is 25.7 Å². The van der Waals surface area contributed by atoms with Crippen molar-refractivity contribution in [3.05, 3.63) is 82.9 Å². The summed E-state index contributed by atoms with van der Waals surface area (Å²) in [6.45, 7) is 2.92. The lowest BCUT2D eigenvalue weighted by Crippen LogP contribution is -2.11. The zero-order valence-electron chi connectivity index (χ0n) is 18.7. The lowest BCUT2D eigenvalue weighted by atomic mass is 9.93. The average Bonchev–Trinajstić information content (AvgIpc) is 2.78. The van der Waals surface area contributed by atoms with Crippen molar-refractivity contribution in [2.24, 2.45) is 17.2 Å². The van der Waals surface area contributed by atoms with E-state index in [-0.39, 0.29) is 0 Å². The molecule has 0 heterocycles. The van der Waals surface area contributed by atoms with Gasteiger partial charge in [-0.15, -0.1) is 0 Å². The summed E-state index contributed by atoms with van der Waals surface area (Å²) in [5, 5.41) is 3.25. The maximum atomic E-state index is 5.85. The Hall–Kier alpha value is -2.50. The highest BCUT2D eigenvalue weighted by molar-refractivity contribution is 5.74. The van der Waals surface area contributed by atoms with E-state index >= 15 is 0 Å². The summed E-state index contributed by atoms with van der Waals surface area (Å²) in [5.41, 5.74) is 27.6. The number of hydrogen-bond acceptors (Lipinski definition) is 4. The minimum absolute atomic E-state index is 0.648. The van der Waals surface area contributed by atoms with Crippen molar-refractivity contribution >= 4 is 0 Å². The molecule has 7 N–H and O–H groups in total. The van der Waals surface area contributed by atoms with E-state index in [9.17, 15) is 0 Å². The SMILES string of the molecule is CNCCc1cc(CCN)cc(-c2cccc(-c3cc(CCN)cc(CCN)c3)c2)c1. The maximum absolute atomic E-state index is 5.85. The fraction of sp³-hybridized carbons (Fsp3) is 0.333. The average molecular weight is 417 g/mol. The first-order valence-corrected chi connectivity index (χ1v) is 11.3. The molecule has 0 saturated heterocycles. The summed E-state index contributed by atoms with van der Waals surface area (Å²) in [6.07, 6.45) is 3.65. The van der Waals surface area contributed by atoms with Crippen LogP contribution in [0.4, 0.5) is 0 Å². The second-order valence-electron chi connectivity index (χ2n) is 8.13. The Morgan fingerprint density at radius 2 is 0.968 bits per heavy atom. The van der Waals surface area contributed by atoms with Gasteiger partial charge in [0.2, 0.25) is 0 Å². The molecule has 3 aromatic carbocycles. The zero-order chi connectivity index (χ0) is 22.1. The molecule has 164 valence electrons. The monoisotopic (exact) mass is 416 g/mol. The van der Waals surface area contributed by atoms with Gasteiger partial charge in [-0.3, -0.25) is 0 Å². The molecule has 3 aromatic rings. The molecule has 0 radical (unpaired) electrons. The summed E-state index contributed by atoms with van der Waals surface area (Å²) < 4.78 is 0. The fourth-order valence-corrected chi connectivity index (χ4v) is 4.08. The highest BCUT2D eigenvalue weighted by atomic mass is 14.8. The maximum Gasteiger partial charge on any atom is -0.00114 e. The van der Waals surface area contributed by atoms with Crippen molar-refractivity contribution in [1.82, 2.24) is 5.32 Å². The minimum atomic E-state index is 0.648. The largest absolute Gasteiger partial charge is 0.330 e. The van der Waals surface area contributed by atoms with E-state index in [1.807, 2.05) is 7.05 Å². The van der Waals surface area contributed by atoms with Crippen molar-refractivity contribution < 1.29 is 0 Å². The molecule has 0 bridgehead atoms. The Morgan fingerprint density at radius 1 is 0.548 bits per heavy atom. The Balaban J connectivity index is 2.01. The zero-order valence-corrected chi connectivity index (χ0v) is 18.7. The molecule has 0 aliphatic carbocycles. The van der Waals surface area contributed by atoms with E-state index in [0.717, 1.165) is 32.2 Å². The van der Waals surface area contributed by atoms with Gasteiger partial charge in [-0.2, -0.15) is 0 Å². The molecular formula is C27H36N4. The normalized spacial score (nSPS) is 11.1. The predicted molar refractivity (Wildman–Crippen MR) is 133 cm³/mol. The van der Waals surface area contributed by atoms with Crippen LogP contribution in [0.3, 0.4) is 0 Å². The molecule has 0 fully saturated rings. The van der Waals surface area contributed by atoms with E-state index in [1.54, 1.807) is 0 Å². The summed E-state index contributed by atoms with van der Waals surface area (Å²) in [5.74, 6) is 0. The van der Waals surface area contributed by atoms with Gasteiger partial charge in [-0.1, -0.05) is 54.6 Å². The third-order valence-corrected chi connectivity index (χ3v) is 5.60. The highest BCUT2D eigenvalue weighted by Crippen LogP contribution is 2.29. The molecule has 0 spiro atoms. The molecule has 4 heteroatoms. The van der Waals surface area contributed by atoms with Gasteiger partial charge in [-0.25, -0.2) is 0 Å². The Kier molecular flexibility index (Phi) is 8.80. The molecule has 0 unspecified atom stereocenters. The number of likely N-dealkylation sites (N-methyl/N-ethyl adjacent to an activating group) is 1. The smallest absolute Gasteiger partial charge is 0.00114 e. The van der Waals surface area contributed by atoms with Crippen molar-refractivity contribution in [2.75, 3.05) is 33.2 Å². The van der Waals surface area contributed by atoms with Gasteiger partial charge >= 0.3 is 0 Å². The van der Waals surface area contributed by atoms with Gasteiger partial charge in [-0.05, 0) is 109 Å². The number of hydrogen-bond donors (Lipinski definition) is 4. The van der Waals surface area contributed by atoms with Gasteiger partial charge < -0.3 is 22.5 Å². The first-order valence-electron chi connectivity index (χ1n) is 11.3. The third-order valence-electron chi connectivity index (χ3n) is 5.60. The Labute approximate surface area is 186 Å². The second kappa shape index (κ2) is 11.8. The van der Waals surface area contributed by atoms with E-state index in [0.29, 0.717) is 19.6 Å². The van der Waals surface area contributed by atoms with Crippen LogP contribution in [-0.4, -0.2) is 33.2 Å². The van der Waals surface area contributed by atoms with Crippen molar-refractivity contribution in [1.29, 1.82) is 0 Å². The van der Waals surface area contributed by atoms with E-state index in [4.69, 9.17) is 17.2 Å². The summed E-state index contributed by atoms with van der Waals surface area (Å²) >= 11 is 0. The van der Waals surface area contributed by atoms with Crippen LogP contribution < -0.4 is 22.5 Å². The van der Waals surface area contributed by atoms with Crippen molar-refractivity contribution in [3.8, 4) is 22.3 Å². The molecule has 0 aliphatic rings. The lowest BCUT2D eigenvalue weighted by molar-refractivity contribution is 0.790. The topological polar surface area (TPSA) is 90.1 Å². The molecule has 0 aliphatic heterocycles. The quantitative estimate of drug-likeness (QED) is 0.386. The van der Waals surface area contributed by atoms with E-state index in [1.165, 1.54) is 44.5 Å². The summed E-state index contributed by atoms with van der Waals surface area (Å²) in [4.78, 5) is 0. The van der Waals surface area contributed by atoms with Crippen LogP contribution >= 0.6 is 0 Å². The molecular weight excluding hydrogens is 380 g/mol. The molecule has 0 atom stereocenters. The standard InChI is InChI=1S/C27H36N4/c1-31-12-8-23-14-22(7-11-30)17-27(18-23)25-4-2-3-24(19-25)26-15-20(5-9-28)13-21(16-26)6-10-29/h2-4,13-19,31H,5-12,28-30H2,1H3. The molecule has 0 saturated carbocycles. The summed E-state index contributed by atoms with van der Waals surface area (Å²) in [7, 11) is 1.99. The second-order valence-corrected chi connectivity index (χ2v) is 8.13. The predicted octanol–water partition coefficient (Wildman–Crippen LogP) is 3.29. The van der Waals surface area contributed by atoms with Gasteiger partial charge in [0.15, 0.2) is 0 Å². The highest BCUT2D eigenvalue weighted by Gasteiger charge is 2.08. The molecule has 0 amide bonds. The first kappa shape index (κ1) is 23.2. The van der Waals surface area contributed by atoms with E-state index < -0.39 is 0 Å². The van der Waals surface area contributed by atoms with Gasteiger partial charge in [0.05, 0.1) is 0 Å². The van der Waals surface area contributed by atoms with Gasteiger partial charge in [0.1, 0.15) is 0 Å². The number of benzene rings is 3. The van der Waals surface area contributed by atoms with Gasteiger partial charge in [0.25, 0.3) is 0 Å². The molecule has 4 nitrogen and oxygen atoms in total. The van der Waals surface area contributed by atoms with Crippen LogP contribution in [0.25, 0.3) is 22.3 Å². The number of rotatable bonds is 11. The molecule has 31 heavy (non-hydrogen) atoms. The number of nitrogens with two attached hydrogens (primary N) is 3. The van der Waals surface area contributed by atoms with Gasteiger partial charge in [0, 0.05) is 0 Å². The van der Waals surface area contributed by atoms with Crippen LogP contribution in [0.5, 0.6) is 0 Å². The lowest BCUT2D eigenvalue weighted by Gasteiger charge is -2.13. The van der Waals surface area contributed by atoms with Crippen molar-refractivity contribution in [3.63, 3.8) is 0 Å². The Morgan fingerprint density at radius 3 is 1.35 bits per heavy atom.